The summed E-state index contributed by atoms with van der Waals surface area (Å²) in [6, 6.07) is 16.0. The summed E-state index contributed by atoms with van der Waals surface area (Å²) in [6.07, 6.45) is 28.5. The van der Waals surface area contributed by atoms with Crippen LogP contribution in [0.4, 0.5) is 11.4 Å². The van der Waals surface area contributed by atoms with E-state index >= 15 is 0 Å². The number of nitrogens with zero attached hydrogens (tertiary/aromatic N) is 12. The summed E-state index contributed by atoms with van der Waals surface area (Å²) in [5.41, 5.74) is 74.4. The molecule has 0 aliphatic rings. The van der Waals surface area contributed by atoms with E-state index in [1.807, 2.05) is 19.2 Å². The van der Waals surface area contributed by atoms with E-state index in [0.717, 1.165) is 108 Å². The Morgan fingerprint density at radius 1 is 0.418 bits per heavy atom. The number of aliphatic imine (C=N–C) groups is 11. The van der Waals surface area contributed by atoms with Crippen molar-refractivity contribution in [3.8, 4) is 6.07 Å². The third kappa shape index (κ3) is 77.4. The van der Waals surface area contributed by atoms with Crippen LogP contribution in [-0.4, -0.2) is 136 Å². The number of rotatable bonds is 38. The van der Waals surface area contributed by atoms with Gasteiger partial charge in [-0.2, -0.15) is 15.2 Å². The summed E-state index contributed by atoms with van der Waals surface area (Å²) in [5, 5.41) is 45.6. The molecular formula is C74H144Cl2N34. The number of halogens is 2. The lowest BCUT2D eigenvalue weighted by Gasteiger charge is -2.12. The van der Waals surface area contributed by atoms with Crippen LogP contribution in [0.1, 0.15) is 229 Å². The van der Waals surface area contributed by atoms with Gasteiger partial charge in [0.2, 0.25) is 29.7 Å². The molecule has 0 amide bonds. The summed E-state index contributed by atoms with van der Waals surface area (Å²) in [5.74, 6) is 3.06. The minimum atomic E-state index is -0.321. The first kappa shape index (κ1) is 108. The number of hydrogen-bond acceptors (Lipinski definition) is 12. The summed E-state index contributed by atoms with van der Waals surface area (Å²) in [6.45, 7) is 29.4. The molecule has 36 heteroatoms. The van der Waals surface area contributed by atoms with Gasteiger partial charge in [0.15, 0.2) is 47.7 Å². The van der Waals surface area contributed by atoms with Crippen LogP contribution in [0.3, 0.4) is 0 Å². The van der Waals surface area contributed by atoms with Gasteiger partial charge in [0.05, 0.1) is 6.04 Å². The molecule has 2 aromatic carbocycles. The van der Waals surface area contributed by atoms with Gasteiger partial charge in [-0.15, -0.1) is 13.2 Å². The lowest BCUT2D eigenvalue weighted by atomic mass is 10.00. The standard InChI is InChI=1S/C26H56N10.C22H30Cl2N10.C10H23N5.C7H12N4.C5H12.C2H7N5.C2H4/c1-5-9-15-21(7-3)19-33-25(29)35-23(27)31-17-13-11-12-14-18-32-24(28)36-26(30)34-20-22(8-4)16-10-6-2;23-15-5-9-17(10-6-15)31-21(27)33-19(25)29-13-3-1-2-4-14-30-20(26)34-22(28)32-18-11-7-16(24)8-12-18;1-4-5-6-7-8(2)14-10(12)15-9(11)13-3;1-2-3-4-6(9)11-7(10)5-8;1-3-5-4-2;3-1(4)7-2(5)6;1-2/h21-22H,5-20H2,1-4H3,(H5,27,29,31,33,35)(H5,28,30,32,34,36);5-12H,1-4,13-14H2,(H5,25,27,29,31,33)(H5,26,28,30,32,34);8H,4-7H2,1-3H3,(H5,11,12,13,14,15);2-4H2,1H3,(H3,9,10,11);3-5H2,1-2H3;(H7,3,4,5,6,7);1-2H2. The number of hydrogen-bond donors (Lipinski definition) is 22. The van der Waals surface area contributed by atoms with Crippen molar-refractivity contribution >= 4 is 118 Å². The number of nitrogens with one attached hydrogen (secondary N) is 9. The molecule has 35 N–H and O–H groups in total. The molecule has 0 saturated carbocycles. The molecule has 0 saturated heterocycles. The molecular weight excluding hydrogens is 1440 g/mol. The van der Waals surface area contributed by atoms with Crippen LogP contribution in [0.15, 0.2) is 117 Å². The summed E-state index contributed by atoms with van der Waals surface area (Å²) >= 11 is 11.7. The van der Waals surface area contributed by atoms with Crippen LogP contribution in [0, 0.1) is 39.4 Å². The van der Waals surface area contributed by atoms with Gasteiger partial charge < -0.3 is 85.2 Å². The van der Waals surface area contributed by atoms with Gasteiger partial charge in [-0.25, -0.2) is 4.99 Å². The van der Waals surface area contributed by atoms with E-state index in [2.05, 4.69) is 143 Å². The maximum Gasteiger partial charge on any atom is 0.226 e. The molecule has 0 fully saturated rings. The average Bonchev–Trinajstić information content (AvgIpc) is 0.916. The van der Waals surface area contributed by atoms with Gasteiger partial charge in [-0.05, 0) is 119 Å². The Bertz CT molecular complexity index is 2920. The zero-order chi connectivity index (χ0) is 84.1. The van der Waals surface area contributed by atoms with E-state index in [1.54, 1.807) is 61.6 Å². The number of anilines is 2. The van der Waals surface area contributed by atoms with Gasteiger partial charge in [-0.1, -0.05) is 188 Å². The van der Waals surface area contributed by atoms with E-state index in [0.29, 0.717) is 90.1 Å². The van der Waals surface area contributed by atoms with Gasteiger partial charge in [-0.3, -0.25) is 77.4 Å². The van der Waals surface area contributed by atoms with Crippen molar-refractivity contribution in [2.45, 2.75) is 235 Å². The van der Waals surface area contributed by atoms with Crippen LogP contribution in [-0.2, 0) is 0 Å². The lowest BCUT2D eigenvalue weighted by Crippen LogP contribution is -2.42. The Hall–Kier alpha value is -10.2. The molecule has 2 aromatic rings. The lowest BCUT2D eigenvalue weighted by molar-refractivity contribution is 0.462. The second kappa shape index (κ2) is 77.0. The Morgan fingerprint density at radius 3 is 1.09 bits per heavy atom. The molecule has 0 bridgehead atoms. The molecule has 2 rings (SSSR count). The molecule has 3 unspecified atom stereocenters. The van der Waals surface area contributed by atoms with Crippen LogP contribution in [0.2, 0.25) is 10.0 Å². The van der Waals surface area contributed by atoms with Gasteiger partial charge in [0.1, 0.15) is 11.9 Å². The van der Waals surface area contributed by atoms with E-state index in [4.69, 9.17) is 119 Å². The highest BCUT2D eigenvalue weighted by molar-refractivity contribution is 6.31. The minimum absolute atomic E-state index is 0.124. The molecule has 624 valence electrons. The SMILES string of the molecule is C=C.CCCCC.CCCCC(CC)CN=C(N)NC(N)=NCCCCCCN=C(N)NC(N)=NCC(CC)CCCC.CCCCC(N)=NC(=N)C#N.CCCCCC(C)N=C(N)NC(N)=NC.N=C(N)NC(=N)N.NC(=NCCCCCCN=C(N)N=C(N)Nc1ccc(Cl)cc1)N=C(N)Nc1ccc(Cl)cc1. The number of benzene rings is 2. The normalized spacial score (nSPS) is 13.0. The first-order valence-electron chi connectivity index (χ1n) is 38.2. The third-order valence-electron chi connectivity index (χ3n) is 14.8. The number of guanidine groups is 12. The Morgan fingerprint density at radius 2 is 0.773 bits per heavy atom. The summed E-state index contributed by atoms with van der Waals surface area (Å²) in [4.78, 5) is 45.5. The molecule has 0 aliphatic heterocycles. The second-order valence-electron chi connectivity index (χ2n) is 24.7. The Balaban J connectivity index is -0.000000451. The highest BCUT2D eigenvalue weighted by Crippen LogP contribution is 2.16. The highest BCUT2D eigenvalue weighted by Gasteiger charge is 2.09. The second-order valence-corrected chi connectivity index (χ2v) is 25.6. The molecule has 110 heavy (non-hydrogen) atoms. The topological polar surface area (TPSA) is 642 Å². The van der Waals surface area contributed by atoms with Crippen molar-refractivity contribution in [2.75, 3.05) is 56.9 Å². The average molecular weight is 1580 g/mol. The molecule has 34 nitrogen and oxygen atoms in total. The maximum absolute atomic E-state index is 8.17. The number of unbranched alkanes of at least 4 members (excludes halogenated alkanes) is 13. The van der Waals surface area contributed by atoms with E-state index in [-0.39, 0.29) is 53.6 Å². The molecule has 3 atom stereocenters. The molecule has 0 spiro atoms. The van der Waals surface area contributed by atoms with Crippen LogP contribution in [0.25, 0.3) is 0 Å². The van der Waals surface area contributed by atoms with Gasteiger partial charge in [0, 0.05) is 74.2 Å². The predicted molar refractivity (Wildman–Crippen MR) is 476 cm³/mol. The molecule has 0 aliphatic carbocycles. The summed E-state index contributed by atoms with van der Waals surface area (Å²) < 4.78 is 0. The number of nitrogens with two attached hydrogens (primary N) is 13. The van der Waals surface area contributed by atoms with Crippen molar-refractivity contribution in [2.24, 2.45) is 141 Å². The van der Waals surface area contributed by atoms with E-state index < -0.39 is 0 Å². The van der Waals surface area contributed by atoms with Crippen LogP contribution < -0.4 is 106 Å². The van der Waals surface area contributed by atoms with Gasteiger partial charge in [0.25, 0.3) is 0 Å². The maximum atomic E-state index is 8.17. The largest absolute Gasteiger partial charge is 0.387 e. The molecule has 0 radical (unpaired) electrons. The Labute approximate surface area is 668 Å². The first-order valence-corrected chi connectivity index (χ1v) is 38.9. The van der Waals surface area contributed by atoms with Gasteiger partial charge >= 0.3 is 0 Å². The van der Waals surface area contributed by atoms with Crippen molar-refractivity contribution in [3.63, 3.8) is 0 Å². The highest BCUT2D eigenvalue weighted by atomic mass is 35.5. The fourth-order valence-electron chi connectivity index (χ4n) is 8.68. The minimum Gasteiger partial charge on any atom is -0.387 e. The molecule has 0 aromatic heterocycles. The quantitative estimate of drug-likeness (QED) is 0.0129. The third-order valence-corrected chi connectivity index (χ3v) is 15.3. The fraction of sp³-hybridized carbons (Fsp3) is 0.608. The first-order chi connectivity index (χ1) is 52.5. The zero-order valence-electron chi connectivity index (χ0n) is 68.0. The van der Waals surface area contributed by atoms with Crippen molar-refractivity contribution in [1.29, 1.82) is 21.5 Å². The smallest absolute Gasteiger partial charge is 0.226 e. The van der Waals surface area contributed by atoms with Crippen LogP contribution in [0.5, 0.6) is 0 Å². The van der Waals surface area contributed by atoms with E-state index in [1.165, 1.54) is 77.0 Å². The van der Waals surface area contributed by atoms with E-state index in [9.17, 15) is 0 Å². The fourth-order valence-corrected chi connectivity index (χ4v) is 8.93. The number of amidine groups is 2. The Kier molecular flexibility index (Phi) is 75.9. The molecule has 0 heterocycles. The number of nitriles is 1. The van der Waals surface area contributed by atoms with Crippen molar-refractivity contribution < 1.29 is 0 Å². The monoisotopic (exact) mass is 1580 g/mol. The van der Waals surface area contributed by atoms with Crippen molar-refractivity contribution in [1.82, 2.24) is 21.3 Å². The zero-order valence-corrected chi connectivity index (χ0v) is 69.5. The predicted octanol–water partition coefficient (Wildman–Crippen LogP) is 9.95. The van der Waals surface area contributed by atoms with Crippen molar-refractivity contribution in [3.05, 3.63) is 71.7 Å². The summed E-state index contributed by atoms with van der Waals surface area (Å²) in [7, 11) is 1.60. The van der Waals surface area contributed by atoms with Crippen LogP contribution >= 0.6 is 23.2 Å².